The van der Waals surface area contributed by atoms with Crippen molar-refractivity contribution in [3.63, 3.8) is 0 Å². The first-order chi connectivity index (χ1) is 13.3. The van der Waals surface area contributed by atoms with Crippen molar-refractivity contribution in [3.8, 4) is 11.1 Å². The molecule has 1 atom stereocenters. The molecule has 5 rings (SSSR count). The molecule has 4 aromatic rings. The molecule has 0 bridgehead atoms. The van der Waals surface area contributed by atoms with E-state index in [2.05, 4.69) is 29.2 Å². The summed E-state index contributed by atoms with van der Waals surface area (Å²) in [5, 5.41) is 1.10. The first-order valence-corrected chi connectivity index (χ1v) is 8.91. The summed E-state index contributed by atoms with van der Waals surface area (Å²) < 4.78 is 5.18. The highest BCUT2D eigenvalue weighted by Gasteiger charge is 2.37. The van der Waals surface area contributed by atoms with Gasteiger partial charge in [-0.3, -0.25) is 4.90 Å². The first-order valence-electron chi connectivity index (χ1n) is 8.91. The van der Waals surface area contributed by atoms with E-state index in [-0.39, 0.29) is 12.1 Å². The van der Waals surface area contributed by atoms with Crippen LogP contribution in [0.1, 0.15) is 17.2 Å². The van der Waals surface area contributed by atoms with Crippen LogP contribution in [0.3, 0.4) is 0 Å². The van der Waals surface area contributed by atoms with Crippen LogP contribution >= 0.6 is 0 Å². The number of rotatable bonds is 1. The van der Waals surface area contributed by atoms with Gasteiger partial charge in [-0.15, -0.1) is 0 Å². The number of benzene rings is 3. The molecule has 3 aromatic carbocycles. The van der Waals surface area contributed by atoms with Crippen molar-refractivity contribution in [1.82, 2.24) is 4.98 Å². The normalized spacial score (nSPS) is 15.3. The van der Waals surface area contributed by atoms with Gasteiger partial charge in [0.25, 0.3) is 0 Å². The minimum Gasteiger partial charge on any atom is -0.452 e. The summed E-state index contributed by atoms with van der Waals surface area (Å²) in [7, 11) is 1.43. The van der Waals surface area contributed by atoms with Gasteiger partial charge < -0.3 is 9.72 Å². The predicted molar refractivity (Wildman–Crippen MR) is 107 cm³/mol. The molecule has 132 valence electrons. The minimum atomic E-state index is -0.368. The number of hydrogen-bond acceptors (Lipinski definition) is 2. The number of nitrogens with one attached hydrogen (secondary N) is 1. The second kappa shape index (κ2) is 6.02. The fourth-order valence-electron chi connectivity index (χ4n) is 4.10. The van der Waals surface area contributed by atoms with Crippen LogP contribution in [0.15, 0.2) is 79.0 Å². The molecular formula is C23H18N2O2. The van der Waals surface area contributed by atoms with Crippen LogP contribution in [0, 0.1) is 0 Å². The molecule has 1 aromatic heterocycles. The summed E-state index contributed by atoms with van der Waals surface area (Å²) in [6.07, 6.45) is 1.63. The third kappa shape index (κ3) is 2.27. The van der Waals surface area contributed by atoms with Gasteiger partial charge in [0.15, 0.2) is 0 Å². The van der Waals surface area contributed by atoms with Crippen LogP contribution in [0.25, 0.3) is 22.0 Å². The fraction of sp³-hybridized carbons (Fsp3) is 0.0870. The smallest absolute Gasteiger partial charge is 0.414 e. The number of carbonyl (C=O) groups is 1. The third-order valence-electron chi connectivity index (χ3n) is 5.25. The van der Waals surface area contributed by atoms with Crippen molar-refractivity contribution in [2.24, 2.45) is 0 Å². The number of anilines is 1. The maximum Gasteiger partial charge on any atom is 0.414 e. The van der Waals surface area contributed by atoms with Gasteiger partial charge >= 0.3 is 6.09 Å². The lowest BCUT2D eigenvalue weighted by molar-refractivity contribution is 0.177. The van der Waals surface area contributed by atoms with Crippen LogP contribution in [0.5, 0.6) is 0 Å². The molecule has 1 aliphatic heterocycles. The van der Waals surface area contributed by atoms with Gasteiger partial charge in [-0.2, -0.15) is 0 Å². The lowest BCUT2D eigenvalue weighted by atomic mass is 9.85. The van der Waals surface area contributed by atoms with Crippen LogP contribution in [0.2, 0.25) is 0 Å². The van der Waals surface area contributed by atoms with Gasteiger partial charge in [0.2, 0.25) is 0 Å². The van der Waals surface area contributed by atoms with Crippen molar-refractivity contribution in [1.29, 1.82) is 0 Å². The molecule has 4 heteroatoms. The van der Waals surface area contributed by atoms with E-state index in [1.165, 1.54) is 7.11 Å². The average molecular weight is 354 g/mol. The number of para-hydroxylation sites is 2. The summed E-state index contributed by atoms with van der Waals surface area (Å²) in [5.41, 5.74) is 6.23. The van der Waals surface area contributed by atoms with Crippen molar-refractivity contribution < 1.29 is 9.53 Å². The molecule has 0 fully saturated rings. The number of methoxy groups -OCH3 is 1. The molecular weight excluding hydrogens is 336 g/mol. The van der Waals surface area contributed by atoms with Crippen molar-refractivity contribution in [3.05, 3.63) is 90.1 Å². The molecule has 1 unspecified atom stereocenters. The van der Waals surface area contributed by atoms with Gasteiger partial charge in [0.1, 0.15) is 0 Å². The van der Waals surface area contributed by atoms with Crippen LogP contribution in [0.4, 0.5) is 10.5 Å². The van der Waals surface area contributed by atoms with Crippen LogP contribution in [-0.2, 0) is 4.74 Å². The minimum absolute atomic E-state index is 0.264. The highest BCUT2D eigenvalue weighted by molar-refractivity contribution is 6.00. The Morgan fingerprint density at radius 2 is 1.59 bits per heavy atom. The van der Waals surface area contributed by atoms with Crippen molar-refractivity contribution >= 4 is 22.7 Å². The number of aromatic amines is 1. The van der Waals surface area contributed by atoms with Crippen LogP contribution < -0.4 is 4.90 Å². The Hall–Kier alpha value is -3.53. The van der Waals surface area contributed by atoms with E-state index in [0.717, 1.165) is 38.8 Å². The second-order valence-electron chi connectivity index (χ2n) is 6.64. The SMILES string of the molecule is COC(=O)N1c2ccccc2-c2ccccc2C1c1c[nH]c2ccccc12. The number of carbonyl (C=O) groups excluding carboxylic acids is 1. The van der Waals surface area contributed by atoms with Crippen molar-refractivity contribution in [2.45, 2.75) is 6.04 Å². The summed E-state index contributed by atoms with van der Waals surface area (Å²) in [6.45, 7) is 0. The van der Waals surface area contributed by atoms with Gasteiger partial charge in [-0.25, -0.2) is 4.79 Å². The molecule has 0 radical (unpaired) electrons. The van der Waals surface area contributed by atoms with Gasteiger partial charge in [-0.1, -0.05) is 60.7 Å². The Bertz CT molecular complexity index is 1160. The Kier molecular flexibility index (Phi) is 3.50. The lowest BCUT2D eigenvalue weighted by Gasteiger charge is -2.37. The molecule has 4 nitrogen and oxygen atoms in total. The molecule has 2 heterocycles. The Morgan fingerprint density at radius 1 is 0.889 bits per heavy atom. The van der Waals surface area contributed by atoms with Gasteiger partial charge in [0.05, 0.1) is 18.8 Å². The molecule has 0 saturated carbocycles. The number of aromatic nitrogens is 1. The number of nitrogens with zero attached hydrogens (tertiary/aromatic N) is 1. The van der Waals surface area contributed by atoms with E-state index in [0.29, 0.717) is 0 Å². The number of ether oxygens (including phenoxy) is 1. The molecule has 1 aliphatic rings. The van der Waals surface area contributed by atoms with E-state index in [1.807, 2.05) is 54.7 Å². The number of amides is 1. The highest BCUT2D eigenvalue weighted by Crippen LogP contribution is 2.48. The molecule has 0 aliphatic carbocycles. The second-order valence-corrected chi connectivity index (χ2v) is 6.64. The van der Waals surface area contributed by atoms with E-state index in [1.54, 1.807) is 4.90 Å². The van der Waals surface area contributed by atoms with E-state index < -0.39 is 0 Å². The third-order valence-corrected chi connectivity index (χ3v) is 5.25. The maximum absolute atomic E-state index is 12.9. The molecule has 1 N–H and O–H groups in total. The monoisotopic (exact) mass is 354 g/mol. The summed E-state index contributed by atoms with van der Waals surface area (Å²) >= 11 is 0. The van der Waals surface area contributed by atoms with Crippen molar-refractivity contribution in [2.75, 3.05) is 12.0 Å². The highest BCUT2D eigenvalue weighted by atomic mass is 16.5. The Balaban J connectivity index is 1.84. The molecule has 0 spiro atoms. The zero-order valence-corrected chi connectivity index (χ0v) is 14.8. The number of H-pyrrole nitrogens is 1. The average Bonchev–Trinajstić information content (AvgIpc) is 3.16. The summed E-state index contributed by atoms with van der Waals surface area (Å²) in [6, 6.07) is 24.1. The topological polar surface area (TPSA) is 45.3 Å². The quantitative estimate of drug-likeness (QED) is 0.490. The standard InChI is InChI=1S/C23H18N2O2/c1-27-23(26)25-21-13-7-5-10-17(21)15-8-2-3-11-18(15)22(25)19-14-24-20-12-6-4-9-16(19)20/h2-14,22,24H,1H3. The number of fused-ring (bicyclic) bond motifs is 4. The van der Waals surface area contributed by atoms with E-state index >= 15 is 0 Å². The molecule has 1 amide bonds. The first kappa shape index (κ1) is 15.7. The van der Waals surface area contributed by atoms with Gasteiger partial charge in [-0.05, 0) is 23.3 Å². The number of hydrogen-bond donors (Lipinski definition) is 1. The van der Waals surface area contributed by atoms with E-state index in [9.17, 15) is 4.79 Å². The summed E-state index contributed by atoms with van der Waals surface area (Å²) in [5.74, 6) is 0. The Labute approximate surface area is 157 Å². The van der Waals surface area contributed by atoms with E-state index in [4.69, 9.17) is 4.74 Å². The van der Waals surface area contributed by atoms with Gasteiger partial charge in [0, 0.05) is 28.2 Å². The largest absolute Gasteiger partial charge is 0.452 e. The summed E-state index contributed by atoms with van der Waals surface area (Å²) in [4.78, 5) is 18.0. The fourth-order valence-corrected chi connectivity index (χ4v) is 4.10. The molecule has 27 heavy (non-hydrogen) atoms. The maximum atomic E-state index is 12.9. The zero-order chi connectivity index (χ0) is 18.4. The lowest BCUT2D eigenvalue weighted by Crippen LogP contribution is -2.38. The Morgan fingerprint density at radius 3 is 2.44 bits per heavy atom. The zero-order valence-electron chi connectivity index (χ0n) is 14.8. The predicted octanol–water partition coefficient (Wildman–Crippen LogP) is 5.51. The van der Waals surface area contributed by atoms with Crippen LogP contribution in [-0.4, -0.2) is 18.2 Å². The molecule has 0 saturated heterocycles.